The highest BCUT2D eigenvalue weighted by molar-refractivity contribution is 5.95. The van der Waals surface area contributed by atoms with Gasteiger partial charge in [0.05, 0.1) is 7.11 Å². The summed E-state index contributed by atoms with van der Waals surface area (Å²) in [7, 11) is 1.60. The SMILES string of the molecule is CCC(C)(C)CC(C)(C)NC(=O)c1cccc(OC)c1. The van der Waals surface area contributed by atoms with Crippen molar-refractivity contribution >= 4 is 5.91 Å². The summed E-state index contributed by atoms with van der Waals surface area (Å²) in [4.78, 5) is 12.3. The average molecular weight is 277 g/mol. The van der Waals surface area contributed by atoms with Crippen LogP contribution in [0, 0.1) is 5.41 Å². The molecule has 0 saturated carbocycles. The molecule has 0 aromatic heterocycles. The van der Waals surface area contributed by atoms with Crippen molar-refractivity contribution < 1.29 is 9.53 Å². The maximum Gasteiger partial charge on any atom is 0.251 e. The summed E-state index contributed by atoms with van der Waals surface area (Å²) in [6.45, 7) is 10.8. The minimum absolute atomic E-state index is 0.0548. The molecule has 112 valence electrons. The zero-order valence-electron chi connectivity index (χ0n) is 13.5. The van der Waals surface area contributed by atoms with E-state index in [2.05, 4.69) is 39.9 Å². The van der Waals surface area contributed by atoms with Crippen LogP contribution in [0.2, 0.25) is 0 Å². The molecule has 0 unspecified atom stereocenters. The van der Waals surface area contributed by atoms with E-state index in [1.165, 1.54) is 0 Å². The number of nitrogens with one attached hydrogen (secondary N) is 1. The minimum Gasteiger partial charge on any atom is -0.497 e. The van der Waals surface area contributed by atoms with Gasteiger partial charge in [-0.05, 0) is 43.9 Å². The Kier molecular flexibility index (Phi) is 5.21. The van der Waals surface area contributed by atoms with Gasteiger partial charge < -0.3 is 10.1 Å². The lowest BCUT2D eigenvalue weighted by atomic mass is 9.78. The molecule has 0 saturated heterocycles. The van der Waals surface area contributed by atoms with Crippen molar-refractivity contribution in [3.8, 4) is 5.75 Å². The third kappa shape index (κ3) is 4.87. The highest BCUT2D eigenvalue weighted by atomic mass is 16.5. The van der Waals surface area contributed by atoms with Crippen LogP contribution < -0.4 is 10.1 Å². The summed E-state index contributed by atoms with van der Waals surface area (Å²) < 4.78 is 5.15. The molecule has 0 aliphatic carbocycles. The zero-order valence-corrected chi connectivity index (χ0v) is 13.5. The number of hydrogen-bond donors (Lipinski definition) is 1. The molecule has 0 spiro atoms. The molecule has 3 nitrogen and oxygen atoms in total. The molecule has 0 radical (unpaired) electrons. The Morgan fingerprint density at radius 1 is 1.25 bits per heavy atom. The van der Waals surface area contributed by atoms with Crippen molar-refractivity contribution in [2.75, 3.05) is 7.11 Å². The molecular weight excluding hydrogens is 250 g/mol. The highest BCUT2D eigenvalue weighted by Gasteiger charge is 2.29. The lowest BCUT2D eigenvalue weighted by Gasteiger charge is -2.35. The van der Waals surface area contributed by atoms with Crippen molar-refractivity contribution in [1.82, 2.24) is 5.32 Å². The lowest BCUT2D eigenvalue weighted by molar-refractivity contribution is 0.0885. The molecule has 1 aromatic rings. The molecule has 0 atom stereocenters. The van der Waals surface area contributed by atoms with Gasteiger partial charge in [-0.3, -0.25) is 4.79 Å². The summed E-state index contributed by atoms with van der Waals surface area (Å²) in [5.74, 6) is 0.644. The second-order valence-electron chi connectivity index (χ2n) is 6.76. The average Bonchev–Trinajstić information content (AvgIpc) is 2.37. The van der Waals surface area contributed by atoms with E-state index in [1.807, 2.05) is 12.1 Å². The van der Waals surface area contributed by atoms with Crippen LogP contribution in [-0.2, 0) is 0 Å². The molecule has 1 N–H and O–H groups in total. The zero-order chi connectivity index (χ0) is 15.4. The Balaban J connectivity index is 2.78. The molecule has 0 heterocycles. The fraction of sp³-hybridized carbons (Fsp3) is 0.588. The minimum atomic E-state index is -0.236. The molecule has 0 aliphatic rings. The fourth-order valence-electron chi connectivity index (χ4n) is 2.51. The fourth-order valence-corrected chi connectivity index (χ4v) is 2.51. The van der Waals surface area contributed by atoms with Crippen LogP contribution in [-0.4, -0.2) is 18.6 Å². The van der Waals surface area contributed by atoms with E-state index in [9.17, 15) is 4.79 Å². The smallest absolute Gasteiger partial charge is 0.251 e. The van der Waals surface area contributed by atoms with Crippen LogP contribution in [0.4, 0.5) is 0 Å². The van der Waals surface area contributed by atoms with Crippen molar-refractivity contribution in [2.45, 2.75) is 53.0 Å². The summed E-state index contributed by atoms with van der Waals surface area (Å²) in [5, 5.41) is 3.12. The first-order valence-electron chi connectivity index (χ1n) is 7.16. The van der Waals surface area contributed by atoms with Gasteiger partial charge in [0, 0.05) is 11.1 Å². The predicted octanol–water partition coefficient (Wildman–Crippen LogP) is 4.03. The molecule has 1 aromatic carbocycles. The first-order chi connectivity index (χ1) is 9.19. The predicted molar refractivity (Wildman–Crippen MR) is 83.2 cm³/mol. The molecule has 0 fully saturated rings. The van der Waals surface area contributed by atoms with Crippen molar-refractivity contribution in [2.24, 2.45) is 5.41 Å². The number of methoxy groups -OCH3 is 1. The summed E-state index contributed by atoms with van der Waals surface area (Å²) in [6.07, 6.45) is 2.03. The van der Waals surface area contributed by atoms with E-state index in [1.54, 1.807) is 19.2 Å². The van der Waals surface area contributed by atoms with Gasteiger partial charge in [-0.1, -0.05) is 33.3 Å². The van der Waals surface area contributed by atoms with E-state index < -0.39 is 0 Å². The Morgan fingerprint density at radius 2 is 1.90 bits per heavy atom. The van der Waals surface area contributed by atoms with Gasteiger partial charge in [-0.2, -0.15) is 0 Å². The molecular formula is C17H27NO2. The van der Waals surface area contributed by atoms with E-state index in [0.29, 0.717) is 11.3 Å². The molecule has 1 rings (SSSR count). The quantitative estimate of drug-likeness (QED) is 0.852. The van der Waals surface area contributed by atoms with Gasteiger partial charge in [0.25, 0.3) is 5.91 Å². The number of carbonyl (C=O) groups is 1. The Labute approximate surface area is 122 Å². The van der Waals surface area contributed by atoms with Gasteiger partial charge in [-0.15, -0.1) is 0 Å². The summed E-state index contributed by atoms with van der Waals surface area (Å²) >= 11 is 0. The number of carbonyl (C=O) groups excluding carboxylic acids is 1. The van der Waals surface area contributed by atoms with Crippen LogP contribution in [0.5, 0.6) is 5.75 Å². The number of amides is 1. The third-order valence-corrected chi connectivity index (χ3v) is 3.66. The molecule has 0 aliphatic heterocycles. The second-order valence-corrected chi connectivity index (χ2v) is 6.76. The number of benzene rings is 1. The molecule has 20 heavy (non-hydrogen) atoms. The van der Waals surface area contributed by atoms with Crippen LogP contribution in [0.3, 0.4) is 0 Å². The Hall–Kier alpha value is -1.51. The summed E-state index contributed by atoms with van der Waals surface area (Å²) in [6, 6.07) is 7.23. The second kappa shape index (κ2) is 6.29. The lowest BCUT2D eigenvalue weighted by Crippen LogP contribution is -2.46. The standard InChI is InChI=1S/C17H27NO2/c1-7-16(2,3)12-17(4,5)18-15(19)13-9-8-10-14(11-13)20-6/h8-11H,7,12H2,1-6H3,(H,18,19). The normalized spacial score (nSPS) is 12.1. The van der Waals surface area contributed by atoms with Gasteiger partial charge in [0.2, 0.25) is 0 Å². The van der Waals surface area contributed by atoms with E-state index in [-0.39, 0.29) is 16.9 Å². The summed E-state index contributed by atoms with van der Waals surface area (Å²) in [5.41, 5.74) is 0.608. The molecule has 1 amide bonds. The van der Waals surface area contributed by atoms with E-state index in [4.69, 9.17) is 4.74 Å². The van der Waals surface area contributed by atoms with Crippen LogP contribution >= 0.6 is 0 Å². The van der Waals surface area contributed by atoms with Gasteiger partial charge in [0.15, 0.2) is 0 Å². The van der Waals surface area contributed by atoms with Crippen molar-refractivity contribution in [3.05, 3.63) is 29.8 Å². The van der Waals surface area contributed by atoms with Crippen LogP contribution in [0.1, 0.15) is 57.8 Å². The number of rotatable bonds is 6. The topological polar surface area (TPSA) is 38.3 Å². The van der Waals surface area contributed by atoms with Crippen LogP contribution in [0.25, 0.3) is 0 Å². The first-order valence-corrected chi connectivity index (χ1v) is 7.16. The highest BCUT2D eigenvalue weighted by Crippen LogP contribution is 2.31. The van der Waals surface area contributed by atoms with Gasteiger partial charge in [0.1, 0.15) is 5.75 Å². The largest absolute Gasteiger partial charge is 0.497 e. The van der Waals surface area contributed by atoms with Crippen LogP contribution in [0.15, 0.2) is 24.3 Å². The number of hydrogen-bond acceptors (Lipinski definition) is 2. The van der Waals surface area contributed by atoms with Crippen molar-refractivity contribution in [3.63, 3.8) is 0 Å². The molecule has 0 bridgehead atoms. The Morgan fingerprint density at radius 3 is 2.45 bits per heavy atom. The van der Waals surface area contributed by atoms with Gasteiger partial charge in [-0.25, -0.2) is 0 Å². The third-order valence-electron chi connectivity index (χ3n) is 3.66. The Bertz CT molecular complexity index is 464. The van der Waals surface area contributed by atoms with Crippen molar-refractivity contribution in [1.29, 1.82) is 0 Å². The first kappa shape index (κ1) is 16.5. The maximum atomic E-state index is 12.3. The molecule has 3 heteroatoms. The maximum absolute atomic E-state index is 12.3. The number of ether oxygens (including phenoxy) is 1. The monoisotopic (exact) mass is 277 g/mol. The van der Waals surface area contributed by atoms with Gasteiger partial charge >= 0.3 is 0 Å². The van der Waals surface area contributed by atoms with E-state index in [0.717, 1.165) is 12.8 Å². The van der Waals surface area contributed by atoms with E-state index >= 15 is 0 Å².